The first-order valence-electron chi connectivity index (χ1n) is 14.4. The van der Waals surface area contributed by atoms with Crippen LogP contribution in [0.1, 0.15) is 51.2 Å². The average molecular weight is 585 g/mol. The Morgan fingerprint density at radius 1 is 0.976 bits per heavy atom. The molecule has 3 aliphatic rings. The molecule has 0 unspecified atom stereocenters. The summed E-state index contributed by atoms with van der Waals surface area (Å²) in [6.07, 6.45) is 7.12. The van der Waals surface area contributed by atoms with Gasteiger partial charge in [-0.15, -0.1) is 11.3 Å². The van der Waals surface area contributed by atoms with E-state index in [1.165, 1.54) is 40.3 Å². The predicted octanol–water partition coefficient (Wildman–Crippen LogP) is 5.76. The van der Waals surface area contributed by atoms with E-state index in [0.717, 1.165) is 31.9 Å². The van der Waals surface area contributed by atoms with Gasteiger partial charge in [-0.25, -0.2) is 9.37 Å². The van der Waals surface area contributed by atoms with Crippen molar-refractivity contribution in [2.24, 2.45) is 7.05 Å². The summed E-state index contributed by atoms with van der Waals surface area (Å²) in [4.78, 5) is 37.2. The molecule has 8 nitrogen and oxygen atoms in total. The van der Waals surface area contributed by atoms with Gasteiger partial charge in [-0.3, -0.25) is 9.59 Å². The van der Waals surface area contributed by atoms with Crippen molar-refractivity contribution in [3.05, 3.63) is 86.3 Å². The lowest BCUT2D eigenvalue weighted by molar-refractivity contribution is 0.103. The fourth-order valence-electron chi connectivity index (χ4n) is 6.46. The summed E-state index contributed by atoms with van der Waals surface area (Å²) in [6, 6.07) is 12.2. The van der Waals surface area contributed by atoms with Crippen LogP contribution >= 0.6 is 11.3 Å². The quantitative estimate of drug-likeness (QED) is 0.300. The molecule has 1 saturated carbocycles. The molecule has 0 spiro atoms. The number of rotatable bonds is 6. The third kappa shape index (κ3) is 4.98. The van der Waals surface area contributed by atoms with E-state index in [2.05, 4.69) is 32.5 Å². The van der Waals surface area contributed by atoms with Crippen LogP contribution in [0.2, 0.25) is 0 Å². The zero-order valence-electron chi connectivity index (χ0n) is 23.7. The molecule has 2 atom stereocenters. The maximum Gasteiger partial charge on any atom is 0.274 e. The van der Waals surface area contributed by atoms with Gasteiger partial charge in [0.05, 0.1) is 22.4 Å². The molecular formula is C32H33FN6O2S. The number of amides is 1. The number of carbonyl (C=O) groups excluding carboxylic acids is 1. The number of anilines is 4. The number of carbonyl (C=O) groups is 1. The first-order valence-corrected chi connectivity index (χ1v) is 15.3. The van der Waals surface area contributed by atoms with E-state index in [1.54, 1.807) is 42.8 Å². The Hall–Kier alpha value is -4.02. The summed E-state index contributed by atoms with van der Waals surface area (Å²) in [5, 5.41) is 5.94. The molecule has 42 heavy (non-hydrogen) atoms. The van der Waals surface area contributed by atoms with Crippen molar-refractivity contribution in [1.29, 1.82) is 0 Å². The number of pyridine rings is 2. The highest BCUT2D eigenvalue weighted by Crippen LogP contribution is 2.55. The van der Waals surface area contributed by atoms with Crippen LogP contribution in [0.15, 0.2) is 59.7 Å². The predicted molar refractivity (Wildman–Crippen MR) is 166 cm³/mol. The number of hydrogen-bond donors (Lipinski definition) is 2. The highest BCUT2D eigenvalue weighted by Gasteiger charge is 2.39. The molecule has 0 radical (unpaired) electrons. The molecule has 1 aromatic carbocycles. The molecule has 2 aliphatic carbocycles. The van der Waals surface area contributed by atoms with E-state index in [-0.39, 0.29) is 17.2 Å². The lowest BCUT2D eigenvalue weighted by Gasteiger charge is -2.33. The van der Waals surface area contributed by atoms with Gasteiger partial charge in [0, 0.05) is 49.9 Å². The number of nitrogens with one attached hydrogen (secondary N) is 2. The van der Waals surface area contributed by atoms with Crippen LogP contribution in [0, 0.1) is 5.82 Å². The molecule has 216 valence electrons. The van der Waals surface area contributed by atoms with E-state index >= 15 is 0 Å². The molecule has 2 fully saturated rings. The molecule has 2 bridgehead atoms. The van der Waals surface area contributed by atoms with Crippen LogP contribution < -0.4 is 21.1 Å². The van der Waals surface area contributed by atoms with Crippen LogP contribution in [-0.4, -0.2) is 53.6 Å². The second-order valence-electron chi connectivity index (χ2n) is 11.7. The maximum absolute atomic E-state index is 14.9. The van der Waals surface area contributed by atoms with Crippen molar-refractivity contribution < 1.29 is 9.18 Å². The summed E-state index contributed by atoms with van der Waals surface area (Å²) >= 11 is 1.54. The number of halogens is 1. The molecule has 1 amide bonds. The molecule has 10 heteroatoms. The third-order valence-electron chi connectivity index (χ3n) is 8.87. The van der Waals surface area contributed by atoms with Gasteiger partial charge in [0.15, 0.2) is 0 Å². The molecule has 7 rings (SSSR count). The number of benzene rings is 1. The lowest BCUT2D eigenvalue weighted by atomic mass is 9.99. The summed E-state index contributed by atoms with van der Waals surface area (Å²) in [7, 11) is 3.80. The number of nitrogens with zero attached hydrogens (tertiary/aromatic N) is 4. The highest BCUT2D eigenvalue weighted by atomic mass is 32.1. The van der Waals surface area contributed by atoms with Gasteiger partial charge < -0.3 is 25.0 Å². The Morgan fingerprint density at radius 3 is 2.52 bits per heavy atom. The minimum atomic E-state index is -0.510. The number of likely N-dealkylation sites (N-methyl/N-ethyl adjacent to an activating group) is 1. The number of fused-ring (bicyclic) bond motifs is 5. The second kappa shape index (κ2) is 10.7. The summed E-state index contributed by atoms with van der Waals surface area (Å²) in [5.41, 5.74) is 4.00. The van der Waals surface area contributed by atoms with Crippen molar-refractivity contribution in [3.8, 4) is 11.1 Å². The van der Waals surface area contributed by atoms with Crippen molar-refractivity contribution in [2.45, 2.75) is 31.1 Å². The number of hydrogen-bond acceptors (Lipinski definition) is 7. The minimum Gasteiger partial charge on any atom is -0.368 e. The highest BCUT2D eigenvalue weighted by molar-refractivity contribution is 7.14. The van der Waals surface area contributed by atoms with Gasteiger partial charge in [-0.1, -0.05) is 6.07 Å². The van der Waals surface area contributed by atoms with Gasteiger partial charge in [-0.05, 0) is 85.7 Å². The monoisotopic (exact) mass is 584 g/mol. The van der Waals surface area contributed by atoms with E-state index in [9.17, 15) is 14.0 Å². The first kappa shape index (κ1) is 26.9. The van der Waals surface area contributed by atoms with Gasteiger partial charge in [0.2, 0.25) is 0 Å². The van der Waals surface area contributed by atoms with Crippen LogP contribution in [0.25, 0.3) is 11.1 Å². The molecule has 2 N–H and O–H groups in total. The number of thiophene rings is 1. The normalized spacial score (nSPS) is 19.6. The van der Waals surface area contributed by atoms with Crippen LogP contribution in [-0.2, 0) is 7.05 Å². The Balaban J connectivity index is 1.10. The second-order valence-corrected chi connectivity index (χ2v) is 12.7. The SMILES string of the molecule is CN1CCN(c2ccc(Nc3cc(-c4ccc(F)c(NC(=O)c5cc6c(s5)[C@@H]5CC[C@H]6C5)c4)cn(C)c3=O)nc2)CC1. The van der Waals surface area contributed by atoms with Gasteiger partial charge in [0.25, 0.3) is 11.5 Å². The average Bonchev–Trinajstić information content (AvgIpc) is 3.72. The first-order chi connectivity index (χ1) is 20.3. The summed E-state index contributed by atoms with van der Waals surface area (Å²) in [5.74, 6) is 0.906. The van der Waals surface area contributed by atoms with E-state index < -0.39 is 5.82 Å². The Kier molecular flexibility index (Phi) is 6.82. The van der Waals surface area contributed by atoms with E-state index in [0.29, 0.717) is 39.3 Å². The Labute approximate surface area is 247 Å². The molecule has 1 saturated heterocycles. The van der Waals surface area contributed by atoms with E-state index in [1.807, 2.05) is 24.4 Å². The van der Waals surface area contributed by atoms with Gasteiger partial charge in [0.1, 0.15) is 17.3 Å². The van der Waals surface area contributed by atoms with Crippen molar-refractivity contribution in [1.82, 2.24) is 14.5 Å². The zero-order valence-corrected chi connectivity index (χ0v) is 24.5. The summed E-state index contributed by atoms with van der Waals surface area (Å²) in [6.45, 7) is 3.91. The van der Waals surface area contributed by atoms with Crippen molar-refractivity contribution in [2.75, 3.05) is 48.8 Å². The van der Waals surface area contributed by atoms with Gasteiger partial charge >= 0.3 is 0 Å². The van der Waals surface area contributed by atoms with Gasteiger partial charge in [-0.2, -0.15) is 0 Å². The zero-order chi connectivity index (χ0) is 29.0. The standard InChI is InChI=1S/C32H33FN6O2S/c1-37-9-11-39(12-10-37)23-6-8-29(34-17-23)35-27-15-22(18-38(2)32(27)41)19-5-7-25(33)26(14-19)36-31(40)28-16-24-20-3-4-21(13-20)30(24)42-28/h5-8,14-18,20-21H,3-4,9-13H2,1-2H3,(H,34,35)(H,36,40)/t20-,21+/m0/s1. The third-order valence-corrected chi connectivity index (χ3v) is 10.2. The maximum atomic E-state index is 14.9. The van der Waals surface area contributed by atoms with Crippen molar-refractivity contribution in [3.63, 3.8) is 0 Å². The fourth-order valence-corrected chi connectivity index (χ4v) is 7.76. The molecule has 4 aromatic rings. The number of piperazine rings is 1. The number of aromatic nitrogens is 2. The molecular weight excluding hydrogens is 551 g/mol. The van der Waals surface area contributed by atoms with Crippen LogP contribution in [0.5, 0.6) is 0 Å². The fraction of sp³-hybridized carbons (Fsp3) is 0.344. The summed E-state index contributed by atoms with van der Waals surface area (Å²) < 4.78 is 16.3. The Morgan fingerprint density at radius 2 is 1.76 bits per heavy atom. The van der Waals surface area contributed by atoms with Crippen LogP contribution in [0.3, 0.4) is 0 Å². The largest absolute Gasteiger partial charge is 0.368 e. The molecule has 3 aromatic heterocycles. The Bertz CT molecular complexity index is 1700. The van der Waals surface area contributed by atoms with Crippen LogP contribution in [0.4, 0.5) is 27.3 Å². The number of aryl methyl sites for hydroxylation is 1. The molecule has 4 heterocycles. The molecule has 1 aliphatic heterocycles. The van der Waals surface area contributed by atoms with E-state index in [4.69, 9.17) is 0 Å². The lowest BCUT2D eigenvalue weighted by Crippen LogP contribution is -2.44. The topological polar surface area (TPSA) is 82.5 Å². The van der Waals surface area contributed by atoms with Crippen molar-refractivity contribution >= 4 is 40.1 Å². The smallest absolute Gasteiger partial charge is 0.274 e. The minimum absolute atomic E-state index is 0.110.